The van der Waals surface area contributed by atoms with Crippen LogP contribution in [-0.4, -0.2) is 45.6 Å². The number of amides is 1. The van der Waals surface area contributed by atoms with Gasteiger partial charge in [-0.1, -0.05) is 30.3 Å². The van der Waals surface area contributed by atoms with E-state index in [1.54, 1.807) is 42.5 Å². The number of imidazole rings is 1. The van der Waals surface area contributed by atoms with Crippen LogP contribution in [0, 0.1) is 0 Å². The molecule has 0 atom stereocenters. The molecule has 166 valence electrons. The lowest BCUT2D eigenvalue weighted by molar-refractivity contribution is -0.147. The summed E-state index contributed by atoms with van der Waals surface area (Å²) in [5, 5.41) is 11.1. The van der Waals surface area contributed by atoms with Crippen molar-refractivity contribution in [3.63, 3.8) is 0 Å². The minimum atomic E-state index is -0.996. The fraction of sp³-hybridized carbons (Fsp3) is 0.227. The second-order valence-corrected chi connectivity index (χ2v) is 6.77. The molecule has 0 spiro atoms. The fourth-order valence-corrected chi connectivity index (χ4v) is 2.99. The van der Waals surface area contributed by atoms with Crippen LogP contribution in [0.1, 0.15) is 35.2 Å². The first-order chi connectivity index (χ1) is 15.4. The molecule has 10 heteroatoms. The zero-order chi connectivity index (χ0) is 23.1. The standard InChI is InChI=1S/C22H21N3O7/c1-31-22(30)24-21-23-16-12-15(20(29)14-6-3-2-4-7-14)10-11-17(16)25(21)13-32-19(28)9-5-8-18(26)27/h2-4,6-7,10-12H,5,8-9,13H2,1H3,(H,26,27)(H,23,24,30). The number of nitrogens with zero attached hydrogens (tertiary/aromatic N) is 2. The molecule has 0 saturated carbocycles. The van der Waals surface area contributed by atoms with Crippen molar-refractivity contribution < 1.29 is 33.8 Å². The van der Waals surface area contributed by atoms with Gasteiger partial charge in [0, 0.05) is 24.0 Å². The number of fused-ring (bicyclic) bond motifs is 1. The van der Waals surface area contributed by atoms with Crippen molar-refractivity contribution in [2.45, 2.75) is 26.0 Å². The molecule has 3 rings (SSSR count). The Morgan fingerprint density at radius 1 is 1.03 bits per heavy atom. The monoisotopic (exact) mass is 439 g/mol. The molecule has 1 amide bonds. The fourth-order valence-electron chi connectivity index (χ4n) is 2.99. The van der Waals surface area contributed by atoms with Crippen molar-refractivity contribution in [3.05, 3.63) is 59.7 Å². The number of aliphatic carboxylic acids is 1. The van der Waals surface area contributed by atoms with E-state index in [1.165, 1.54) is 11.7 Å². The summed E-state index contributed by atoms with van der Waals surface area (Å²) in [7, 11) is 1.20. The second-order valence-electron chi connectivity index (χ2n) is 6.77. The van der Waals surface area contributed by atoms with Gasteiger partial charge in [-0.15, -0.1) is 0 Å². The van der Waals surface area contributed by atoms with Crippen LogP contribution in [0.2, 0.25) is 0 Å². The molecule has 10 nitrogen and oxygen atoms in total. The lowest BCUT2D eigenvalue weighted by Gasteiger charge is -2.10. The van der Waals surface area contributed by atoms with Gasteiger partial charge in [-0.2, -0.15) is 0 Å². The van der Waals surface area contributed by atoms with Crippen molar-refractivity contribution in [2.24, 2.45) is 0 Å². The number of esters is 1. The van der Waals surface area contributed by atoms with Gasteiger partial charge >= 0.3 is 18.0 Å². The molecule has 1 aromatic heterocycles. The lowest BCUT2D eigenvalue weighted by Crippen LogP contribution is -2.17. The highest BCUT2D eigenvalue weighted by molar-refractivity contribution is 6.10. The number of carbonyl (C=O) groups is 4. The summed E-state index contributed by atoms with van der Waals surface area (Å²) in [5.74, 6) is -1.71. The SMILES string of the molecule is COC(=O)Nc1nc2cc(C(=O)c3ccccc3)ccc2n1COC(=O)CCCC(=O)O. The van der Waals surface area contributed by atoms with Crippen LogP contribution in [0.5, 0.6) is 0 Å². The summed E-state index contributed by atoms with van der Waals surface area (Å²) >= 11 is 0. The average molecular weight is 439 g/mol. The highest BCUT2D eigenvalue weighted by Crippen LogP contribution is 2.23. The third kappa shape index (κ3) is 5.48. The molecule has 0 bridgehead atoms. The Labute approximate surface area is 182 Å². The van der Waals surface area contributed by atoms with Crippen LogP contribution in [0.15, 0.2) is 48.5 Å². The van der Waals surface area contributed by atoms with E-state index in [-0.39, 0.29) is 37.7 Å². The van der Waals surface area contributed by atoms with Crippen molar-refractivity contribution in [1.82, 2.24) is 9.55 Å². The third-order valence-corrected chi connectivity index (χ3v) is 4.57. The minimum Gasteiger partial charge on any atom is -0.481 e. The zero-order valence-corrected chi connectivity index (χ0v) is 17.2. The number of ketones is 1. The minimum absolute atomic E-state index is 0.0611. The first-order valence-corrected chi connectivity index (χ1v) is 9.71. The number of ether oxygens (including phenoxy) is 2. The summed E-state index contributed by atoms with van der Waals surface area (Å²) in [6.45, 7) is -0.270. The van der Waals surface area contributed by atoms with E-state index in [2.05, 4.69) is 15.0 Å². The summed E-state index contributed by atoms with van der Waals surface area (Å²) in [6.07, 6.45) is -0.822. The van der Waals surface area contributed by atoms with Gasteiger partial charge in [0.25, 0.3) is 0 Å². The number of methoxy groups -OCH3 is 1. The maximum atomic E-state index is 12.7. The number of anilines is 1. The van der Waals surface area contributed by atoms with Crippen molar-refractivity contribution >= 4 is 40.8 Å². The number of carboxylic acid groups (broad SMARTS) is 1. The molecule has 32 heavy (non-hydrogen) atoms. The summed E-state index contributed by atoms with van der Waals surface area (Å²) in [6, 6.07) is 13.6. The Morgan fingerprint density at radius 3 is 2.47 bits per heavy atom. The number of rotatable bonds is 9. The molecule has 3 aromatic rings. The normalized spacial score (nSPS) is 10.5. The Morgan fingerprint density at radius 2 is 1.78 bits per heavy atom. The van der Waals surface area contributed by atoms with Gasteiger partial charge in [0.15, 0.2) is 12.5 Å². The van der Waals surface area contributed by atoms with Crippen LogP contribution in [-0.2, 0) is 25.8 Å². The van der Waals surface area contributed by atoms with Crippen molar-refractivity contribution in [2.75, 3.05) is 12.4 Å². The van der Waals surface area contributed by atoms with Gasteiger partial charge in [-0.05, 0) is 24.6 Å². The molecular formula is C22H21N3O7. The number of benzene rings is 2. The van der Waals surface area contributed by atoms with E-state index in [1.807, 2.05) is 6.07 Å². The highest BCUT2D eigenvalue weighted by Gasteiger charge is 2.17. The smallest absolute Gasteiger partial charge is 0.413 e. The first-order valence-electron chi connectivity index (χ1n) is 9.71. The Balaban J connectivity index is 1.85. The maximum absolute atomic E-state index is 12.7. The molecular weight excluding hydrogens is 418 g/mol. The van der Waals surface area contributed by atoms with E-state index in [0.29, 0.717) is 22.2 Å². The van der Waals surface area contributed by atoms with Gasteiger partial charge < -0.3 is 14.6 Å². The van der Waals surface area contributed by atoms with E-state index in [4.69, 9.17) is 9.84 Å². The van der Waals surface area contributed by atoms with Crippen LogP contribution in [0.3, 0.4) is 0 Å². The number of hydrogen-bond acceptors (Lipinski definition) is 7. The number of carboxylic acids is 1. The van der Waals surface area contributed by atoms with Gasteiger partial charge in [0.05, 0.1) is 18.1 Å². The largest absolute Gasteiger partial charge is 0.481 e. The van der Waals surface area contributed by atoms with E-state index in [0.717, 1.165) is 0 Å². The van der Waals surface area contributed by atoms with Crippen molar-refractivity contribution in [3.8, 4) is 0 Å². The number of hydrogen-bond donors (Lipinski definition) is 2. The van der Waals surface area contributed by atoms with Gasteiger partial charge in [-0.25, -0.2) is 9.78 Å². The van der Waals surface area contributed by atoms with Gasteiger partial charge in [0.1, 0.15) is 0 Å². The average Bonchev–Trinajstić information content (AvgIpc) is 3.13. The number of nitrogens with one attached hydrogen (secondary N) is 1. The van der Waals surface area contributed by atoms with E-state index < -0.39 is 18.0 Å². The third-order valence-electron chi connectivity index (χ3n) is 4.57. The molecule has 1 heterocycles. The van der Waals surface area contributed by atoms with Gasteiger partial charge in [0.2, 0.25) is 5.95 Å². The van der Waals surface area contributed by atoms with Gasteiger partial charge in [-0.3, -0.25) is 24.3 Å². The predicted molar refractivity (Wildman–Crippen MR) is 113 cm³/mol. The molecule has 2 N–H and O–H groups in total. The Hall–Kier alpha value is -4.21. The summed E-state index contributed by atoms with van der Waals surface area (Å²) in [5.41, 5.74) is 1.84. The van der Waals surface area contributed by atoms with Crippen LogP contribution in [0.4, 0.5) is 10.7 Å². The lowest BCUT2D eigenvalue weighted by atomic mass is 10.0. The molecule has 2 aromatic carbocycles. The first kappa shape index (κ1) is 22.5. The summed E-state index contributed by atoms with van der Waals surface area (Å²) in [4.78, 5) is 51.3. The molecule has 0 aliphatic carbocycles. The number of carbonyl (C=O) groups excluding carboxylic acids is 3. The topological polar surface area (TPSA) is 137 Å². The van der Waals surface area contributed by atoms with Crippen molar-refractivity contribution in [1.29, 1.82) is 0 Å². The van der Waals surface area contributed by atoms with Crippen LogP contribution < -0.4 is 5.32 Å². The Bertz CT molecular complexity index is 1160. The second kappa shape index (κ2) is 10.2. The summed E-state index contributed by atoms with van der Waals surface area (Å²) < 4.78 is 11.3. The predicted octanol–water partition coefficient (Wildman–Crippen LogP) is 3.20. The van der Waals surface area contributed by atoms with Crippen LogP contribution in [0.25, 0.3) is 11.0 Å². The Kier molecular flexibility index (Phi) is 7.17. The molecule has 0 fully saturated rings. The van der Waals surface area contributed by atoms with E-state index >= 15 is 0 Å². The molecule has 0 aliphatic heterocycles. The molecule has 0 aliphatic rings. The quantitative estimate of drug-likeness (QED) is 0.383. The molecule has 0 saturated heterocycles. The maximum Gasteiger partial charge on any atom is 0.413 e. The van der Waals surface area contributed by atoms with E-state index in [9.17, 15) is 19.2 Å². The molecule has 0 unspecified atom stereocenters. The molecule has 0 radical (unpaired) electrons. The highest BCUT2D eigenvalue weighted by atomic mass is 16.5. The number of aromatic nitrogens is 2. The van der Waals surface area contributed by atoms with Crippen LogP contribution >= 0.6 is 0 Å². The zero-order valence-electron chi connectivity index (χ0n) is 17.2.